The fraction of sp³-hybridized carbons (Fsp3) is 0.0625. The predicted molar refractivity (Wildman–Crippen MR) is 82.8 cm³/mol. The van der Waals surface area contributed by atoms with E-state index < -0.39 is 5.82 Å². The topological polar surface area (TPSA) is 22.1 Å². The largest absolute Gasteiger partial charge is 0.455 e. The van der Waals surface area contributed by atoms with Gasteiger partial charge in [-0.25, -0.2) is 4.39 Å². The summed E-state index contributed by atoms with van der Waals surface area (Å²) in [5, 5.41) is 1.05. The molecule has 3 aromatic rings. The summed E-state index contributed by atoms with van der Waals surface area (Å²) >= 11 is 11.9. The maximum atomic E-state index is 13.1. The van der Waals surface area contributed by atoms with Crippen LogP contribution in [0, 0.1) is 5.82 Å². The van der Waals surface area contributed by atoms with Crippen molar-refractivity contribution in [3.63, 3.8) is 0 Å². The lowest BCUT2D eigenvalue weighted by Gasteiger charge is -2.11. The first-order chi connectivity index (χ1) is 10.2. The van der Waals surface area contributed by atoms with Gasteiger partial charge in [0.25, 0.3) is 0 Å². The van der Waals surface area contributed by atoms with Crippen LogP contribution >= 0.6 is 23.2 Å². The lowest BCUT2D eigenvalue weighted by molar-refractivity contribution is 0.485. The van der Waals surface area contributed by atoms with Crippen molar-refractivity contribution >= 4 is 34.1 Å². The molecule has 1 heterocycles. The Hall–Kier alpha value is -1.84. The molecule has 2 aromatic carbocycles. The van der Waals surface area contributed by atoms with Crippen LogP contribution < -0.4 is 4.74 Å². The van der Waals surface area contributed by atoms with Crippen LogP contribution in [0.15, 0.2) is 48.5 Å². The number of fused-ring (bicyclic) bond motifs is 1. The van der Waals surface area contributed by atoms with E-state index in [9.17, 15) is 4.39 Å². The number of ether oxygens (including phenoxy) is 1. The standard InChI is InChI=1S/C16H10Cl2FNO/c17-9-11-8-16(12-3-1-2-4-14(12)20-11)21-15-6-5-10(19)7-13(15)18/h1-8H,9H2. The van der Waals surface area contributed by atoms with E-state index in [0.717, 1.165) is 10.9 Å². The highest BCUT2D eigenvalue weighted by Gasteiger charge is 2.10. The fourth-order valence-electron chi connectivity index (χ4n) is 2.02. The molecule has 0 unspecified atom stereocenters. The van der Waals surface area contributed by atoms with Gasteiger partial charge in [-0.15, -0.1) is 11.6 Å². The second kappa shape index (κ2) is 5.88. The fourth-order valence-corrected chi connectivity index (χ4v) is 2.37. The number of hydrogen-bond acceptors (Lipinski definition) is 2. The monoisotopic (exact) mass is 321 g/mol. The first-order valence-electron chi connectivity index (χ1n) is 6.25. The third-order valence-corrected chi connectivity index (χ3v) is 3.55. The van der Waals surface area contributed by atoms with Crippen LogP contribution in [0.2, 0.25) is 5.02 Å². The van der Waals surface area contributed by atoms with Gasteiger partial charge in [-0.2, -0.15) is 0 Å². The van der Waals surface area contributed by atoms with Gasteiger partial charge in [-0.05, 0) is 30.3 Å². The quantitative estimate of drug-likeness (QED) is 0.589. The first-order valence-corrected chi connectivity index (χ1v) is 7.16. The summed E-state index contributed by atoms with van der Waals surface area (Å²) in [6.07, 6.45) is 0. The summed E-state index contributed by atoms with van der Waals surface area (Å²) < 4.78 is 18.9. The number of nitrogens with zero attached hydrogens (tertiary/aromatic N) is 1. The van der Waals surface area contributed by atoms with Gasteiger partial charge < -0.3 is 4.74 Å². The average molecular weight is 322 g/mol. The zero-order chi connectivity index (χ0) is 14.8. The smallest absolute Gasteiger partial charge is 0.146 e. The van der Waals surface area contributed by atoms with Gasteiger partial charge in [0.1, 0.15) is 17.3 Å². The van der Waals surface area contributed by atoms with Gasteiger partial charge in [-0.3, -0.25) is 4.98 Å². The zero-order valence-corrected chi connectivity index (χ0v) is 12.3. The Morgan fingerprint density at radius 3 is 2.62 bits per heavy atom. The Morgan fingerprint density at radius 1 is 1.05 bits per heavy atom. The minimum absolute atomic E-state index is 0.211. The van der Waals surface area contributed by atoms with Crippen molar-refractivity contribution in [3.05, 3.63) is 65.1 Å². The molecule has 3 rings (SSSR count). The van der Waals surface area contributed by atoms with Crippen molar-refractivity contribution in [1.29, 1.82) is 0 Å². The Labute approximate surface area is 131 Å². The van der Waals surface area contributed by atoms with E-state index in [1.165, 1.54) is 18.2 Å². The van der Waals surface area contributed by atoms with Crippen molar-refractivity contribution in [2.45, 2.75) is 5.88 Å². The number of aromatic nitrogens is 1. The van der Waals surface area contributed by atoms with Crippen molar-refractivity contribution in [1.82, 2.24) is 4.98 Å². The predicted octanol–water partition coefficient (Wildman–Crippen LogP) is 5.56. The van der Waals surface area contributed by atoms with E-state index in [-0.39, 0.29) is 10.9 Å². The van der Waals surface area contributed by atoms with E-state index in [2.05, 4.69) is 4.98 Å². The maximum Gasteiger partial charge on any atom is 0.146 e. The molecule has 0 N–H and O–H groups in total. The van der Waals surface area contributed by atoms with E-state index in [1.54, 1.807) is 6.07 Å². The minimum atomic E-state index is -0.409. The molecule has 0 amide bonds. The number of benzene rings is 2. The number of alkyl halides is 1. The zero-order valence-electron chi connectivity index (χ0n) is 10.8. The van der Waals surface area contributed by atoms with Crippen LogP contribution in [-0.2, 0) is 5.88 Å². The summed E-state index contributed by atoms with van der Waals surface area (Å²) in [7, 11) is 0. The molecule has 0 spiro atoms. The number of pyridine rings is 1. The van der Waals surface area contributed by atoms with E-state index >= 15 is 0 Å². The van der Waals surface area contributed by atoms with Crippen molar-refractivity contribution < 1.29 is 9.13 Å². The molecule has 0 aliphatic carbocycles. The summed E-state index contributed by atoms with van der Waals surface area (Å²) in [5.74, 6) is 0.839. The molecule has 21 heavy (non-hydrogen) atoms. The minimum Gasteiger partial charge on any atom is -0.455 e. The highest BCUT2D eigenvalue weighted by molar-refractivity contribution is 6.32. The van der Waals surface area contributed by atoms with E-state index in [1.807, 2.05) is 24.3 Å². The van der Waals surface area contributed by atoms with Gasteiger partial charge in [0.15, 0.2) is 0 Å². The third-order valence-electron chi connectivity index (χ3n) is 2.98. The van der Waals surface area contributed by atoms with Crippen LogP contribution in [0.25, 0.3) is 10.9 Å². The molecule has 0 atom stereocenters. The van der Waals surface area contributed by atoms with Gasteiger partial charge in [0.05, 0.1) is 22.1 Å². The first kappa shape index (κ1) is 14.1. The summed E-state index contributed by atoms with van der Waals surface area (Å²) in [4.78, 5) is 4.43. The van der Waals surface area contributed by atoms with E-state index in [4.69, 9.17) is 27.9 Å². The van der Waals surface area contributed by atoms with Crippen LogP contribution in [0.1, 0.15) is 5.69 Å². The van der Waals surface area contributed by atoms with E-state index in [0.29, 0.717) is 17.2 Å². The second-order valence-electron chi connectivity index (χ2n) is 4.44. The third kappa shape index (κ3) is 2.94. The normalized spacial score (nSPS) is 10.8. The molecular formula is C16H10Cl2FNO. The Balaban J connectivity index is 2.10. The molecule has 2 nitrogen and oxygen atoms in total. The molecule has 106 valence electrons. The molecule has 0 saturated carbocycles. The molecule has 0 radical (unpaired) electrons. The Morgan fingerprint density at radius 2 is 1.86 bits per heavy atom. The van der Waals surface area contributed by atoms with Crippen LogP contribution in [0.3, 0.4) is 0 Å². The Kier molecular flexibility index (Phi) is 3.95. The van der Waals surface area contributed by atoms with Crippen molar-refractivity contribution in [3.8, 4) is 11.5 Å². The number of halogens is 3. The molecule has 0 aliphatic rings. The number of para-hydroxylation sites is 1. The summed E-state index contributed by atoms with van der Waals surface area (Å²) in [6, 6.07) is 13.3. The molecule has 0 bridgehead atoms. The van der Waals surface area contributed by atoms with Gasteiger partial charge >= 0.3 is 0 Å². The average Bonchev–Trinajstić information content (AvgIpc) is 2.49. The highest BCUT2D eigenvalue weighted by atomic mass is 35.5. The molecule has 0 saturated heterocycles. The highest BCUT2D eigenvalue weighted by Crippen LogP contribution is 2.34. The second-order valence-corrected chi connectivity index (χ2v) is 5.11. The van der Waals surface area contributed by atoms with Crippen molar-refractivity contribution in [2.75, 3.05) is 0 Å². The summed E-state index contributed by atoms with van der Waals surface area (Å²) in [6.45, 7) is 0. The van der Waals surface area contributed by atoms with Crippen LogP contribution in [0.5, 0.6) is 11.5 Å². The molecule has 0 fully saturated rings. The molecule has 0 aliphatic heterocycles. The SMILES string of the molecule is Fc1ccc(Oc2cc(CCl)nc3ccccc23)c(Cl)c1. The van der Waals surface area contributed by atoms with Gasteiger partial charge in [0, 0.05) is 11.5 Å². The Bertz CT molecular complexity index is 807. The van der Waals surface area contributed by atoms with Crippen molar-refractivity contribution in [2.24, 2.45) is 0 Å². The van der Waals surface area contributed by atoms with Gasteiger partial charge in [-0.1, -0.05) is 23.7 Å². The molecule has 5 heteroatoms. The molecule has 1 aromatic heterocycles. The number of rotatable bonds is 3. The number of hydrogen-bond donors (Lipinski definition) is 0. The lowest BCUT2D eigenvalue weighted by atomic mass is 10.2. The maximum absolute atomic E-state index is 13.1. The lowest BCUT2D eigenvalue weighted by Crippen LogP contribution is -1.93. The molecular weight excluding hydrogens is 312 g/mol. The van der Waals surface area contributed by atoms with Crippen LogP contribution in [0.4, 0.5) is 4.39 Å². The van der Waals surface area contributed by atoms with Crippen LogP contribution in [-0.4, -0.2) is 4.98 Å². The summed E-state index contributed by atoms with van der Waals surface area (Å²) in [5.41, 5.74) is 1.48. The van der Waals surface area contributed by atoms with Gasteiger partial charge in [0.2, 0.25) is 0 Å².